The van der Waals surface area contributed by atoms with Gasteiger partial charge in [0.15, 0.2) is 0 Å². The van der Waals surface area contributed by atoms with E-state index in [-0.39, 0.29) is 17.9 Å². The lowest BCUT2D eigenvalue weighted by molar-refractivity contribution is -0.141. The third-order valence-electron chi connectivity index (χ3n) is 4.01. The molecule has 1 aliphatic heterocycles. The van der Waals surface area contributed by atoms with Crippen molar-refractivity contribution in [3.05, 3.63) is 60.4 Å². The molecule has 0 bridgehead atoms. The van der Waals surface area contributed by atoms with Gasteiger partial charge in [-0.15, -0.1) is 0 Å². The zero-order chi connectivity index (χ0) is 15.4. The van der Waals surface area contributed by atoms with Crippen molar-refractivity contribution in [2.75, 3.05) is 13.1 Å². The predicted molar refractivity (Wildman–Crippen MR) is 84.7 cm³/mol. The molecular weight excluding hydrogens is 276 g/mol. The van der Waals surface area contributed by atoms with Crippen LogP contribution in [-0.4, -0.2) is 35.0 Å². The van der Waals surface area contributed by atoms with Gasteiger partial charge in [-0.2, -0.15) is 0 Å². The van der Waals surface area contributed by atoms with Crippen molar-refractivity contribution in [1.29, 1.82) is 0 Å². The van der Waals surface area contributed by atoms with E-state index in [9.17, 15) is 4.79 Å². The monoisotopic (exact) mass is 296 g/mol. The Morgan fingerprint density at radius 1 is 1.27 bits per heavy atom. The number of aromatic nitrogens is 1. The maximum atomic E-state index is 12.6. The molecular formula is C18H20N2O2. The maximum absolute atomic E-state index is 12.6. The number of hydrogen-bond donors (Lipinski definition) is 0. The molecule has 1 amide bonds. The number of hydrogen-bond acceptors (Lipinski definition) is 3. The molecule has 114 valence electrons. The second-order valence-corrected chi connectivity index (χ2v) is 5.54. The van der Waals surface area contributed by atoms with Crippen molar-refractivity contribution in [3.63, 3.8) is 0 Å². The fourth-order valence-corrected chi connectivity index (χ4v) is 2.76. The molecule has 0 aliphatic carbocycles. The summed E-state index contributed by atoms with van der Waals surface area (Å²) in [5.41, 5.74) is 1.09. The van der Waals surface area contributed by atoms with Gasteiger partial charge in [0.05, 0.1) is 25.2 Å². The van der Waals surface area contributed by atoms with Crippen molar-refractivity contribution >= 4 is 5.91 Å². The highest BCUT2D eigenvalue weighted by Crippen LogP contribution is 2.26. The summed E-state index contributed by atoms with van der Waals surface area (Å²) in [5, 5.41) is 0. The zero-order valence-electron chi connectivity index (χ0n) is 12.7. The van der Waals surface area contributed by atoms with E-state index < -0.39 is 0 Å². The summed E-state index contributed by atoms with van der Waals surface area (Å²) in [6.45, 7) is 3.35. The van der Waals surface area contributed by atoms with Crippen LogP contribution in [0.1, 0.15) is 24.8 Å². The van der Waals surface area contributed by atoms with Crippen LogP contribution in [0.5, 0.6) is 5.75 Å². The lowest BCUT2D eigenvalue weighted by Gasteiger charge is -2.40. The van der Waals surface area contributed by atoms with Gasteiger partial charge >= 0.3 is 0 Å². The van der Waals surface area contributed by atoms with Crippen LogP contribution >= 0.6 is 0 Å². The van der Waals surface area contributed by atoms with Crippen LogP contribution in [0.25, 0.3) is 0 Å². The lowest BCUT2D eigenvalue weighted by Crippen LogP contribution is -2.57. The van der Waals surface area contributed by atoms with Crippen molar-refractivity contribution in [2.45, 2.75) is 25.4 Å². The average molecular weight is 296 g/mol. The Morgan fingerprint density at radius 2 is 2.05 bits per heavy atom. The number of ether oxygens (including phenoxy) is 1. The SMILES string of the molecule is CC[C@H](C(=O)N1CC(Oc2cccnc2)C1)c1ccccc1. The number of rotatable bonds is 5. The summed E-state index contributed by atoms with van der Waals surface area (Å²) in [6, 6.07) is 13.7. The van der Waals surface area contributed by atoms with Crippen LogP contribution in [0.3, 0.4) is 0 Å². The third-order valence-corrected chi connectivity index (χ3v) is 4.01. The summed E-state index contributed by atoms with van der Waals surface area (Å²) in [4.78, 5) is 18.5. The van der Waals surface area contributed by atoms with E-state index in [0.717, 1.165) is 17.7 Å². The summed E-state index contributed by atoms with van der Waals surface area (Å²) < 4.78 is 5.79. The third kappa shape index (κ3) is 3.11. The van der Waals surface area contributed by atoms with Crippen LogP contribution in [0.15, 0.2) is 54.9 Å². The summed E-state index contributed by atoms with van der Waals surface area (Å²) >= 11 is 0. The van der Waals surface area contributed by atoms with E-state index >= 15 is 0 Å². The van der Waals surface area contributed by atoms with E-state index in [1.54, 1.807) is 12.4 Å². The molecule has 0 spiro atoms. The number of pyridine rings is 1. The molecule has 4 heteroatoms. The zero-order valence-corrected chi connectivity index (χ0v) is 12.7. The van der Waals surface area contributed by atoms with E-state index in [0.29, 0.717) is 13.1 Å². The fraction of sp³-hybridized carbons (Fsp3) is 0.333. The van der Waals surface area contributed by atoms with Crippen molar-refractivity contribution in [3.8, 4) is 5.75 Å². The molecule has 2 aromatic rings. The van der Waals surface area contributed by atoms with Crippen LogP contribution < -0.4 is 4.74 Å². The summed E-state index contributed by atoms with van der Waals surface area (Å²) in [6.07, 6.45) is 4.30. The average Bonchev–Trinajstić information content (AvgIpc) is 2.53. The van der Waals surface area contributed by atoms with Crippen molar-refractivity contribution < 1.29 is 9.53 Å². The van der Waals surface area contributed by atoms with Gasteiger partial charge in [0.2, 0.25) is 5.91 Å². The molecule has 1 aromatic carbocycles. The largest absolute Gasteiger partial charge is 0.485 e. The van der Waals surface area contributed by atoms with Crippen LogP contribution in [-0.2, 0) is 4.79 Å². The Morgan fingerprint density at radius 3 is 2.68 bits per heavy atom. The maximum Gasteiger partial charge on any atom is 0.230 e. The number of benzene rings is 1. The molecule has 4 nitrogen and oxygen atoms in total. The Labute approximate surface area is 130 Å². The molecule has 3 rings (SSSR count). The quantitative estimate of drug-likeness (QED) is 0.852. The first-order chi connectivity index (χ1) is 10.8. The first kappa shape index (κ1) is 14.6. The minimum atomic E-state index is -0.0551. The molecule has 1 aromatic heterocycles. The molecule has 1 atom stereocenters. The smallest absolute Gasteiger partial charge is 0.230 e. The van der Waals surface area contributed by atoms with Gasteiger partial charge in [-0.1, -0.05) is 37.3 Å². The van der Waals surface area contributed by atoms with Crippen molar-refractivity contribution in [1.82, 2.24) is 9.88 Å². The lowest BCUT2D eigenvalue weighted by atomic mass is 9.93. The van der Waals surface area contributed by atoms with Gasteiger partial charge in [-0.05, 0) is 24.1 Å². The molecule has 0 unspecified atom stereocenters. The molecule has 0 radical (unpaired) electrons. The minimum absolute atomic E-state index is 0.0551. The number of nitrogens with zero attached hydrogens (tertiary/aromatic N) is 2. The fourth-order valence-electron chi connectivity index (χ4n) is 2.76. The number of amides is 1. The highest BCUT2D eigenvalue weighted by molar-refractivity contribution is 5.84. The number of likely N-dealkylation sites (tertiary alicyclic amines) is 1. The topological polar surface area (TPSA) is 42.4 Å². The van der Waals surface area contributed by atoms with Gasteiger partial charge in [-0.25, -0.2) is 0 Å². The van der Waals surface area contributed by atoms with Gasteiger partial charge in [0.25, 0.3) is 0 Å². The van der Waals surface area contributed by atoms with E-state index in [4.69, 9.17) is 4.74 Å². The Hall–Kier alpha value is -2.36. The molecule has 2 heterocycles. The van der Waals surface area contributed by atoms with Crippen LogP contribution in [0.2, 0.25) is 0 Å². The molecule has 1 fully saturated rings. The minimum Gasteiger partial charge on any atom is -0.485 e. The first-order valence-electron chi connectivity index (χ1n) is 7.68. The van der Waals surface area contributed by atoms with Gasteiger partial charge in [0.1, 0.15) is 11.9 Å². The van der Waals surface area contributed by atoms with Crippen molar-refractivity contribution in [2.24, 2.45) is 0 Å². The molecule has 22 heavy (non-hydrogen) atoms. The summed E-state index contributed by atoms with van der Waals surface area (Å²) in [7, 11) is 0. The molecule has 0 saturated carbocycles. The standard InChI is InChI=1S/C18H20N2O2/c1-2-17(14-7-4-3-5-8-14)18(21)20-12-16(13-20)22-15-9-6-10-19-11-15/h3-11,16-17H,2,12-13H2,1H3/t17-/m0/s1. The Bertz CT molecular complexity index is 609. The van der Waals surface area contributed by atoms with E-state index in [1.165, 1.54) is 0 Å². The van der Waals surface area contributed by atoms with Gasteiger partial charge < -0.3 is 9.64 Å². The molecule has 1 saturated heterocycles. The summed E-state index contributed by atoms with van der Waals surface area (Å²) in [5.74, 6) is 0.898. The normalized spacial score (nSPS) is 16.0. The molecule has 1 aliphatic rings. The molecule has 0 N–H and O–H groups in total. The van der Waals surface area contributed by atoms with E-state index in [2.05, 4.69) is 11.9 Å². The highest BCUT2D eigenvalue weighted by Gasteiger charge is 2.35. The number of carbonyl (C=O) groups is 1. The predicted octanol–water partition coefficient (Wildman–Crippen LogP) is 2.87. The Balaban J connectivity index is 1.56. The van der Waals surface area contributed by atoms with E-state index in [1.807, 2.05) is 47.4 Å². The first-order valence-corrected chi connectivity index (χ1v) is 7.68. The highest BCUT2D eigenvalue weighted by atomic mass is 16.5. The number of carbonyl (C=O) groups excluding carboxylic acids is 1. The van der Waals surface area contributed by atoms with Crippen LogP contribution in [0.4, 0.5) is 0 Å². The Kier molecular flexibility index (Phi) is 4.37. The second-order valence-electron chi connectivity index (χ2n) is 5.54. The van der Waals surface area contributed by atoms with Gasteiger partial charge in [-0.3, -0.25) is 9.78 Å². The van der Waals surface area contributed by atoms with Gasteiger partial charge in [0, 0.05) is 6.20 Å². The second kappa shape index (κ2) is 6.60. The van der Waals surface area contributed by atoms with Crippen LogP contribution in [0, 0.1) is 0 Å².